The largest absolute Gasteiger partial charge is 0.277 e. The Morgan fingerprint density at radius 2 is 0.556 bits per heavy atom. The number of hydrogen-bond acceptors (Lipinski definition) is 2. The van der Waals surface area contributed by atoms with E-state index in [1.165, 1.54) is 0 Å². The van der Waals surface area contributed by atoms with E-state index in [-0.39, 0.29) is 11.8 Å². The molecule has 5 rings (SSSR count). The number of rotatable bonds is 6. The summed E-state index contributed by atoms with van der Waals surface area (Å²) < 4.78 is 0. The highest BCUT2D eigenvalue weighted by Gasteiger charge is 2.22. The molecule has 0 saturated heterocycles. The van der Waals surface area contributed by atoms with Crippen LogP contribution in [0.25, 0.3) is 0 Å². The van der Waals surface area contributed by atoms with Crippen LogP contribution < -0.4 is 9.80 Å². The molecule has 4 heteroatoms. The molecule has 0 heterocycles. The van der Waals surface area contributed by atoms with Gasteiger partial charge in [-0.1, -0.05) is 72.8 Å². The first-order valence-electron chi connectivity index (χ1n) is 11.7. The number of carbonyl (C=O) groups is 2. The topological polar surface area (TPSA) is 40.6 Å². The van der Waals surface area contributed by atoms with Gasteiger partial charge < -0.3 is 0 Å². The lowest BCUT2D eigenvalue weighted by Crippen LogP contribution is -2.27. The minimum absolute atomic E-state index is 0.172. The normalized spacial score (nSPS) is 10.4. The molecule has 0 radical (unpaired) electrons. The Balaban J connectivity index is 1.47. The molecule has 4 nitrogen and oxygen atoms in total. The molecule has 0 saturated carbocycles. The molecule has 0 aromatic heterocycles. The standard InChI is InChI=1S/C32H24N2O2/c35-31(33(27-13-5-1-6-14-27)28-15-7-2-8-16-28)25-21-23-26(24-22-25)32(36)34(29-17-9-3-10-18-29)30-19-11-4-12-20-30/h1-24H. The van der Waals surface area contributed by atoms with Gasteiger partial charge in [-0.15, -0.1) is 0 Å². The number of hydrogen-bond donors (Lipinski definition) is 0. The number of amides is 2. The maximum atomic E-state index is 13.6. The Bertz CT molecular complexity index is 1240. The lowest BCUT2D eigenvalue weighted by molar-refractivity contribution is 0.0987. The number of nitrogens with zero attached hydrogens (tertiary/aromatic N) is 2. The van der Waals surface area contributed by atoms with Gasteiger partial charge in [0, 0.05) is 33.9 Å². The van der Waals surface area contributed by atoms with Gasteiger partial charge >= 0.3 is 0 Å². The molecule has 0 fully saturated rings. The highest BCUT2D eigenvalue weighted by Crippen LogP contribution is 2.29. The molecule has 0 bridgehead atoms. The molecule has 2 amide bonds. The molecule has 0 spiro atoms. The maximum absolute atomic E-state index is 13.6. The lowest BCUT2D eigenvalue weighted by Gasteiger charge is -2.24. The molecule has 36 heavy (non-hydrogen) atoms. The summed E-state index contributed by atoms with van der Waals surface area (Å²) in [6, 6.07) is 45.0. The van der Waals surface area contributed by atoms with Crippen LogP contribution in [0.2, 0.25) is 0 Å². The number of para-hydroxylation sites is 4. The molecule has 0 unspecified atom stereocenters. The van der Waals surface area contributed by atoms with Crippen molar-refractivity contribution in [3.8, 4) is 0 Å². The van der Waals surface area contributed by atoms with Crippen LogP contribution in [0.1, 0.15) is 20.7 Å². The smallest absolute Gasteiger partial charge is 0.262 e. The van der Waals surface area contributed by atoms with E-state index in [0.29, 0.717) is 11.1 Å². The fraction of sp³-hybridized carbons (Fsp3) is 0. The minimum atomic E-state index is -0.172. The third kappa shape index (κ3) is 4.79. The summed E-state index contributed by atoms with van der Waals surface area (Å²) in [6.45, 7) is 0. The van der Waals surface area contributed by atoms with Gasteiger partial charge in [0.25, 0.3) is 11.8 Å². The van der Waals surface area contributed by atoms with Crippen molar-refractivity contribution in [1.29, 1.82) is 0 Å². The molecule has 5 aromatic carbocycles. The Hall–Kier alpha value is -4.96. The molecular weight excluding hydrogens is 444 g/mol. The van der Waals surface area contributed by atoms with Crippen molar-refractivity contribution in [1.82, 2.24) is 0 Å². The van der Waals surface area contributed by atoms with E-state index in [2.05, 4.69) is 0 Å². The first kappa shape index (κ1) is 22.8. The van der Waals surface area contributed by atoms with Gasteiger partial charge in [0.2, 0.25) is 0 Å². The fourth-order valence-electron chi connectivity index (χ4n) is 4.09. The van der Waals surface area contributed by atoms with Crippen LogP contribution in [-0.4, -0.2) is 11.8 Å². The Kier molecular flexibility index (Phi) is 6.68. The van der Waals surface area contributed by atoms with Crippen molar-refractivity contribution < 1.29 is 9.59 Å². The van der Waals surface area contributed by atoms with Crippen LogP contribution in [0.3, 0.4) is 0 Å². The van der Waals surface area contributed by atoms with Gasteiger partial charge in [-0.05, 0) is 72.8 Å². The van der Waals surface area contributed by atoms with Gasteiger partial charge in [-0.25, -0.2) is 0 Å². The number of benzene rings is 5. The molecule has 0 N–H and O–H groups in total. The summed E-state index contributed by atoms with van der Waals surface area (Å²) in [5.41, 5.74) is 4.07. The molecule has 0 aliphatic carbocycles. The number of carbonyl (C=O) groups excluding carboxylic acids is 2. The Morgan fingerprint density at radius 3 is 0.778 bits per heavy atom. The van der Waals surface area contributed by atoms with Gasteiger partial charge in [0.1, 0.15) is 0 Å². The summed E-state index contributed by atoms with van der Waals surface area (Å²) in [5.74, 6) is -0.344. The van der Waals surface area contributed by atoms with Gasteiger partial charge in [0.05, 0.1) is 0 Å². The number of anilines is 4. The zero-order valence-electron chi connectivity index (χ0n) is 19.6. The Labute approximate surface area is 210 Å². The van der Waals surface area contributed by atoms with E-state index in [4.69, 9.17) is 0 Å². The van der Waals surface area contributed by atoms with Crippen molar-refractivity contribution in [2.45, 2.75) is 0 Å². The average Bonchev–Trinajstić information content (AvgIpc) is 2.96. The molecule has 174 valence electrons. The summed E-state index contributed by atoms with van der Waals surface area (Å²) >= 11 is 0. The van der Waals surface area contributed by atoms with Crippen LogP contribution in [0.4, 0.5) is 22.7 Å². The van der Waals surface area contributed by atoms with Gasteiger partial charge in [-0.3, -0.25) is 19.4 Å². The van der Waals surface area contributed by atoms with Crippen molar-refractivity contribution >= 4 is 34.6 Å². The lowest BCUT2D eigenvalue weighted by atomic mass is 10.1. The quantitative estimate of drug-likeness (QED) is 0.257. The minimum Gasteiger partial charge on any atom is -0.277 e. The van der Waals surface area contributed by atoms with Crippen molar-refractivity contribution in [3.63, 3.8) is 0 Å². The second kappa shape index (κ2) is 10.5. The Morgan fingerprint density at radius 1 is 0.333 bits per heavy atom. The van der Waals surface area contributed by atoms with Crippen molar-refractivity contribution in [2.24, 2.45) is 0 Å². The molecule has 0 aliphatic heterocycles. The molecular formula is C32H24N2O2. The first-order valence-corrected chi connectivity index (χ1v) is 11.7. The van der Waals surface area contributed by atoms with E-state index < -0.39 is 0 Å². The summed E-state index contributed by atoms with van der Waals surface area (Å²) in [5, 5.41) is 0. The second-order valence-electron chi connectivity index (χ2n) is 8.20. The van der Waals surface area contributed by atoms with E-state index in [1.54, 1.807) is 34.1 Å². The van der Waals surface area contributed by atoms with Crippen molar-refractivity contribution in [2.75, 3.05) is 9.80 Å². The van der Waals surface area contributed by atoms with Crippen LogP contribution in [-0.2, 0) is 0 Å². The van der Waals surface area contributed by atoms with E-state index in [9.17, 15) is 9.59 Å². The highest BCUT2D eigenvalue weighted by atomic mass is 16.2. The van der Waals surface area contributed by atoms with Gasteiger partial charge in [0.15, 0.2) is 0 Å². The summed E-state index contributed by atoms with van der Waals surface area (Å²) in [6.07, 6.45) is 0. The predicted octanol–water partition coefficient (Wildman–Crippen LogP) is 7.64. The van der Waals surface area contributed by atoms with E-state index in [1.807, 2.05) is 121 Å². The van der Waals surface area contributed by atoms with Crippen LogP contribution in [0.5, 0.6) is 0 Å². The SMILES string of the molecule is O=C(c1ccc(C(=O)N(c2ccccc2)c2ccccc2)cc1)N(c1ccccc1)c1ccccc1. The van der Waals surface area contributed by atoms with Crippen molar-refractivity contribution in [3.05, 3.63) is 157 Å². The zero-order chi connectivity index (χ0) is 24.7. The monoisotopic (exact) mass is 468 g/mol. The first-order chi connectivity index (χ1) is 17.7. The van der Waals surface area contributed by atoms with Gasteiger partial charge in [-0.2, -0.15) is 0 Å². The average molecular weight is 469 g/mol. The van der Waals surface area contributed by atoms with E-state index in [0.717, 1.165) is 22.7 Å². The maximum Gasteiger partial charge on any atom is 0.262 e. The van der Waals surface area contributed by atoms with Crippen LogP contribution >= 0.6 is 0 Å². The molecule has 5 aromatic rings. The summed E-state index contributed by atoms with van der Waals surface area (Å²) in [4.78, 5) is 30.6. The summed E-state index contributed by atoms with van der Waals surface area (Å²) in [7, 11) is 0. The highest BCUT2D eigenvalue weighted by molar-refractivity contribution is 6.13. The van der Waals surface area contributed by atoms with Crippen LogP contribution in [0.15, 0.2) is 146 Å². The second-order valence-corrected chi connectivity index (χ2v) is 8.20. The fourth-order valence-corrected chi connectivity index (χ4v) is 4.09. The predicted molar refractivity (Wildman–Crippen MR) is 145 cm³/mol. The molecule has 0 atom stereocenters. The molecule has 0 aliphatic rings. The third-order valence-corrected chi connectivity index (χ3v) is 5.84. The van der Waals surface area contributed by atoms with Crippen LogP contribution in [0, 0.1) is 0 Å². The third-order valence-electron chi connectivity index (χ3n) is 5.84. The zero-order valence-corrected chi connectivity index (χ0v) is 19.6. The van der Waals surface area contributed by atoms with E-state index >= 15 is 0 Å².